The quantitative estimate of drug-likeness (QED) is 0.0985. The Morgan fingerprint density at radius 1 is 1.10 bits per heavy atom. The summed E-state index contributed by atoms with van der Waals surface area (Å²) in [6, 6.07) is 0. The molecule has 0 bridgehead atoms. The fraction of sp³-hybridized carbons (Fsp3) is 1.00. The summed E-state index contributed by atoms with van der Waals surface area (Å²) in [7, 11) is -3.47. The molecule has 0 rings (SSSR count). The molecule has 0 saturated heterocycles. The average molecular weight is 318 g/mol. The molecule has 124 valence electrons. The molecule has 0 aromatic heterocycles. The van der Waals surface area contributed by atoms with Gasteiger partial charge in [0.25, 0.3) is 0 Å². The van der Waals surface area contributed by atoms with Gasteiger partial charge in [0.05, 0.1) is 6.16 Å². The molecule has 7 nitrogen and oxygen atoms in total. The monoisotopic (exact) mass is 318 g/mol. The number of unbranched alkanes of at least 4 members (excludes halogenated alkanes) is 3. The molecular weight excluding hydrogens is 286 g/mol. The second-order valence-corrected chi connectivity index (χ2v) is 6.60. The Hall–Kier alpha value is 0.587. The molecule has 0 aromatic carbocycles. The maximum atomic E-state index is 11.6. The van der Waals surface area contributed by atoms with Gasteiger partial charge in [-0.25, -0.2) is 4.62 Å². The van der Waals surface area contributed by atoms with Gasteiger partial charge in [0.2, 0.25) is 0 Å². The van der Waals surface area contributed by atoms with Crippen molar-refractivity contribution in [2.45, 2.75) is 32.6 Å². The molecule has 0 radical (unpaired) electrons. The smallest absolute Gasteiger partial charge is 1.00 e. The largest absolute Gasteiger partial charge is 1.00 e. The van der Waals surface area contributed by atoms with Crippen LogP contribution in [0.1, 0.15) is 34.0 Å². The number of hydrogen-bond donors (Lipinski definition) is 5. The van der Waals surface area contributed by atoms with Crippen LogP contribution in [0.4, 0.5) is 0 Å². The third-order valence-corrected chi connectivity index (χ3v) is 4.00. The van der Waals surface area contributed by atoms with Gasteiger partial charge in [0.15, 0.2) is 0 Å². The molecule has 0 heterocycles. The average Bonchev–Trinajstić information content (AvgIpc) is 2.42. The fourth-order valence-electron chi connectivity index (χ4n) is 1.60. The normalized spacial score (nSPS) is 13.7. The summed E-state index contributed by atoms with van der Waals surface area (Å²) in [5.74, 6) is 0. The van der Waals surface area contributed by atoms with Crippen LogP contribution in [0.5, 0.6) is 0 Å². The van der Waals surface area contributed by atoms with Gasteiger partial charge < -0.3 is 22.7 Å². The van der Waals surface area contributed by atoms with Gasteiger partial charge in [-0.1, -0.05) is 26.2 Å². The van der Waals surface area contributed by atoms with Gasteiger partial charge in [-0.3, -0.25) is 4.57 Å². The molecule has 1 unspecified atom stereocenters. The van der Waals surface area contributed by atoms with Crippen molar-refractivity contribution in [3.63, 3.8) is 0 Å². The molecule has 0 aromatic rings. The van der Waals surface area contributed by atoms with Crippen LogP contribution in [0.15, 0.2) is 0 Å². The standard InChI is InChI=1S/C12H31N4O3P.Li.H/c1-2-3-4-5-12-20(17,18)19-16-11-10-15-9-8-14-7-6-13;;/h14-16H,2-13H2,1H3,(H,17,18);;/q;+1;-1. The second kappa shape index (κ2) is 16.9. The Kier molecular flexibility index (Phi) is 19.2. The van der Waals surface area contributed by atoms with Crippen LogP contribution in [0.2, 0.25) is 0 Å². The van der Waals surface area contributed by atoms with Crippen molar-refractivity contribution in [1.29, 1.82) is 0 Å². The zero-order valence-corrected chi connectivity index (χ0v) is 14.5. The zero-order chi connectivity index (χ0) is 15.1. The molecule has 0 aliphatic rings. The van der Waals surface area contributed by atoms with E-state index >= 15 is 0 Å². The predicted octanol–water partition coefficient (Wildman–Crippen LogP) is -2.47. The van der Waals surface area contributed by atoms with Crippen LogP contribution >= 0.6 is 7.60 Å². The Balaban J connectivity index is -0.00000180. The van der Waals surface area contributed by atoms with E-state index in [1.54, 1.807) is 0 Å². The molecule has 21 heavy (non-hydrogen) atoms. The first-order valence-corrected chi connectivity index (χ1v) is 9.23. The first-order valence-electron chi connectivity index (χ1n) is 7.47. The molecular formula is C12H32LiN4O3P. The fourth-order valence-corrected chi connectivity index (χ4v) is 2.61. The van der Waals surface area contributed by atoms with E-state index in [4.69, 9.17) is 10.4 Å². The van der Waals surface area contributed by atoms with E-state index in [0.717, 1.165) is 45.3 Å². The Labute approximate surface area is 142 Å². The Bertz CT molecular complexity index is 269. The van der Waals surface area contributed by atoms with E-state index in [0.29, 0.717) is 19.6 Å². The van der Waals surface area contributed by atoms with E-state index in [2.05, 4.69) is 23.0 Å². The topological polar surface area (TPSA) is 109 Å². The molecule has 0 aliphatic carbocycles. The molecule has 0 saturated carbocycles. The van der Waals surface area contributed by atoms with Crippen molar-refractivity contribution in [1.82, 2.24) is 16.1 Å². The summed E-state index contributed by atoms with van der Waals surface area (Å²) in [5, 5.41) is 6.33. The summed E-state index contributed by atoms with van der Waals surface area (Å²) < 4.78 is 16.5. The summed E-state index contributed by atoms with van der Waals surface area (Å²) in [6.45, 7) is 6.42. The van der Waals surface area contributed by atoms with E-state index in [9.17, 15) is 9.46 Å². The summed E-state index contributed by atoms with van der Waals surface area (Å²) >= 11 is 0. The van der Waals surface area contributed by atoms with Crippen LogP contribution in [-0.2, 0) is 9.19 Å². The Morgan fingerprint density at radius 3 is 2.33 bits per heavy atom. The molecule has 9 heteroatoms. The van der Waals surface area contributed by atoms with Crippen LogP contribution in [0, 0.1) is 0 Å². The maximum absolute atomic E-state index is 11.6. The summed E-state index contributed by atoms with van der Waals surface area (Å²) in [4.78, 5) is 9.54. The van der Waals surface area contributed by atoms with E-state index in [1.807, 2.05) is 0 Å². The predicted molar refractivity (Wildman–Crippen MR) is 83.8 cm³/mol. The molecule has 0 aliphatic heterocycles. The third kappa shape index (κ3) is 18.5. The van der Waals surface area contributed by atoms with Gasteiger partial charge in [0.1, 0.15) is 0 Å². The minimum atomic E-state index is -3.47. The summed E-state index contributed by atoms with van der Waals surface area (Å²) in [5.41, 5.74) is 7.89. The number of nitrogens with two attached hydrogens (primary N) is 1. The van der Waals surface area contributed by atoms with Crippen molar-refractivity contribution in [2.24, 2.45) is 5.73 Å². The van der Waals surface area contributed by atoms with Gasteiger partial charge in [-0.2, -0.15) is 5.48 Å². The first-order chi connectivity index (χ1) is 9.62. The van der Waals surface area contributed by atoms with Crippen molar-refractivity contribution in [3.8, 4) is 0 Å². The molecule has 1 atom stereocenters. The van der Waals surface area contributed by atoms with Crippen LogP contribution < -0.4 is 40.7 Å². The van der Waals surface area contributed by atoms with Gasteiger partial charge >= 0.3 is 26.5 Å². The maximum Gasteiger partial charge on any atom is 1.00 e. The summed E-state index contributed by atoms with van der Waals surface area (Å²) in [6.07, 6.45) is 4.13. The minimum absolute atomic E-state index is 0. The zero-order valence-electron chi connectivity index (χ0n) is 14.6. The molecule has 6 N–H and O–H groups in total. The first kappa shape index (κ1) is 23.8. The molecule has 0 amide bonds. The van der Waals surface area contributed by atoms with E-state index in [1.165, 1.54) is 0 Å². The van der Waals surface area contributed by atoms with Crippen LogP contribution in [0.3, 0.4) is 0 Å². The SMILES string of the molecule is CCCCCCP(=O)(O)ONCCNCCNCCN.[H-].[Li+]. The van der Waals surface area contributed by atoms with Crippen molar-refractivity contribution >= 4 is 7.60 Å². The molecule has 0 spiro atoms. The Morgan fingerprint density at radius 2 is 1.71 bits per heavy atom. The molecule has 0 fully saturated rings. The third-order valence-electron chi connectivity index (χ3n) is 2.70. The van der Waals surface area contributed by atoms with Crippen LogP contribution in [-0.4, -0.2) is 50.3 Å². The van der Waals surface area contributed by atoms with Crippen molar-refractivity contribution in [3.05, 3.63) is 0 Å². The number of hydroxylamine groups is 1. The van der Waals surface area contributed by atoms with Crippen molar-refractivity contribution < 1.29 is 34.4 Å². The van der Waals surface area contributed by atoms with E-state index in [-0.39, 0.29) is 26.4 Å². The number of rotatable bonds is 15. The van der Waals surface area contributed by atoms with Crippen LogP contribution in [0.25, 0.3) is 0 Å². The van der Waals surface area contributed by atoms with Gasteiger partial charge in [-0.05, 0) is 6.42 Å². The number of hydrogen-bond acceptors (Lipinski definition) is 6. The minimum Gasteiger partial charge on any atom is -1.00 e. The van der Waals surface area contributed by atoms with E-state index < -0.39 is 7.60 Å². The second-order valence-electron chi connectivity index (χ2n) is 4.70. The van der Waals surface area contributed by atoms with Gasteiger partial charge in [-0.15, -0.1) is 0 Å². The van der Waals surface area contributed by atoms with Gasteiger partial charge in [0, 0.05) is 39.3 Å². The number of nitrogens with one attached hydrogen (secondary N) is 3. The van der Waals surface area contributed by atoms with Crippen molar-refractivity contribution in [2.75, 3.05) is 45.4 Å².